The van der Waals surface area contributed by atoms with Gasteiger partial charge in [-0.05, 0) is 47.3 Å². The highest BCUT2D eigenvalue weighted by Gasteiger charge is 2.32. The van der Waals surface area contributed by atoms with E-state index in [2.05, 4.69) is 43.0 Å². The Balaban J connectivity index is 1.85. The lowest BCUT2D eigenvalue weighted by Crippen LogP contribution is -2.26. The van der Waals surface area contributed by atoms with E-state index in [0.717, 1.165) is 41.4 Å². The number of anilines is 2. The smallest absolute Gasteiger partial charge is 0.149 e. The maximum absolute atomic E-state index is 5.48. The van der Waals surface area contributed by atoms with Gasteiger partial charge in [0, 0.05) is 12.6 Å². The monoisotopic (exact) mass is 350 g/mol. The van der Waals surface area contributed by atoms with Gasteiger partial charge in [0.2, 0.25) is 0 Å². The Hall–Kier alpha value is -1.56. The molecule has 0 radical (unpaired) electrons. The zero-order chi connectivity index (χ0) is 14.7. The summed E-state index contributed by atoms with van der Waals surface area (Å²) in [5, 5.41) is 3.33. The minimum Gasteiger partial charge on any atom is -0.467 e. The second-order valence-electron chi connectivity index (χ2n) is 5.23. The summed E-state index contributed by atoms with van der Waals surface area (Å²) in [5.74, 6) is 2.74. The molecule has 1 N–H and O–H groups in total. The van der Waals surface area contributed by atoms with Crippen LogP contribution >= 0.6 is 15.9 Å². The second-order valence-corrected chi connectivity index (χ2v) is 6.02. The summed E-state index contributed by atoms with van der Waals surface area (Å²) in [6.07, 6.45) is 6.80. The molecule has 112 valence electrons. The van der Waals surface area contributed by atoms with Crippen LogP contribution in [-0.4, -0.2) is 22.6 Å². The van der Waals surface area contributed by atoms with Gasteiger partial charge in [-0.1, -0.05) is 6.92 Å². The third kappa shape index (κ3) is 3.37. The average molecular weight is 351 g/mol. The molecule has 0 aromatic carbocycles. The van der Waals surface area contributed by atoms with Crippen LogP contribution < -0.4 is 10.2 Å². The molecule has 0 amide bonds. The first kappa shape index (κ1) is 14.4. The van der Waals surface area contributed by atoms with E-state index in [9.17, 15) is 0 Å². The Morgan fingerprint density at radius 3 is 2.95 bits per heavy atom. The van der Waals surface area contributed by atoms with Crippen molar-refractivity contribution < 1.29 is 4.42 Å². The van der Waals surface area contributed by atoms with E-state index in [1.165, 1.54) is 12.8 Å². The zero-order valence-corrected chi connectivity index (χ0v) is 13.6. The van der Waals surface area contributed by atoms with Crippen molar-refractivity contribution in [1.82, 2.24) is 9.97 Å². The molecule has 0 unspecified atom stereocenters. The molecule has 0 aliphatic heterocycles. The fraction of sp³-hybridized carbons (Fsp3) is 0.467. The van der Waals surface area contributed by atoms with Crippen LogP contribution in [0.15, 0.2) is 33.6 Å². The molecule has 5 nitrogen and oxygen atoms in total. The molecule has 0 saturated heterocycles. The van der Waals surface area contributed by atoms with Crippen molar-refractivity contribution in [2.75, 3.05) is 16.8 Å². The molecule has 2 aromatic heterocycles. The largest absolute Gasteiger partial charge is 0.467 e. The van der Waals surface area contributed by atoms with E-state index in [-0.39, 0.29) is 0 Å². The van der Waals surface area contributed by atoms with Gasteiger partial charge in [-0.25, -0.2) is 9.97 Å². The lowest BCUT2D eigenvalue weighted by Gasteiger charge is -2.24. The summed E-state index contributed by atoms with van der Waals surface area (Å²) in [6, 6.07) is 4.46. The molecule has 1 fully saturated rings. The molecule has 0 atom stereocenters. The van der Waals surface area contributed by atoms with Crippen molar-refractivity contribution in [1.29, 1.82) is 0 Å². The number of rotatable bonds is 7. The Labute approximate surface area is 132 Å². The van der Waals surface area contributed by atoms with Crippen LogP contribution in [-0.2, 0) is 6.54 Å². The first-order valence-corrected chi connectivity index (χ1v) is 8.12. The second kappa shape index (κ2) is 6.47. The predicted octanol–water partition coefficient (Wildman–Crippen LogP) is 3.82. The van der Waals surface area contributed by atoms with Crippen LogP contribution in [0.2, 0.25) is 0 Å². The first-order chi connectivity index (χ1) is 10.3. The molecule has 2 aromatic rings. The van der Waals surface area contributed by atoms with E-state index in [4.69, 9.17) is 4.42 Å². The van der Waals surface area contributed by atoms with Crippen molar-refractivity contribution in [3.05, 3.63) is 35.0 Å². The standard InChI is InChI=1S/C15H19BrN4O/c1-2-7-17-14-13(16)15(19-10-18-14)20(11-5-6-11)9-12-4-3-8-21-12/h3-4,8,10-11H,2,5-7,9H2,1H3,(H,17,18,19). The summed E-state index contributed by atoms with van der Waals surface area (Å²) < 4.78 is 6.41. The fourth-order valence-corrected chi connectivity index (χ4v) is 2.83. The van der Waals surface area contributed by atoms with Crippen LogP contribution in [0.3, 0.4) is 0 Å². The van der Waals surface area contributed by atoms with E-state index >= 15 is 0 Å². The number of nitrogens with one attached hydrogen (secondary N) is 1. The highest BCUT2D eigenvalue weighted by atomic mass is 79.9. The number of furan rings is 1. The fourth-order valence-electron chi connectivity index (χ4n) is 2.26. The molecule has 3 rings (SSSR count). The van der Waals surface area contributed by atoms with Crippen molar-refractivity contribution >= 4 is 27.6 Å². The minimum absolute atomic E-state index is 0.542. The van der Waals surface area contributed by atoms with Gasteiger partial charge in [0.05, 0.1) is 12.8 Å². The van der Waals surface area contributed by atoms with Gasteiger partial charge in [0.1, 0.15) is 28.2 Å². The highest BCUT2D eigenvalue weighted by molar-refractivity contribution is 9.10. The molecule has 1 aliphatic carbocycles. The number of hydrogen-bond acceptors (Lipinski definition) is 5. The topological polar surface area (TPSA) is 54.2 Å². The van der Waals surface area contributed by atoms with Gasteiger partial charge in [-0.3, -0.25) is 0 Å². The molecular formula is C15H19BrN4O. The maximum Gasteiger partial charge on any atom is 0.149 e. The van der Waals surface area contributed by atoms with E-state index in [1.807, 2.05) is 12.1 Å². The van der Waals surface area contributed by atoms with Gasteiger partial charge in [-0.15, -0.1) is 0 Å². The van der Waals surface area contributed by atoms with Crippen molar-refractivity contribution in [3.8, 4) is 0 Å². The first-order valence-electron chi connectivity index (χ1n) is 7.33. The summed E-state index contributed by atoms with van der Waals surface area (Å²) >= 11 is 3.65. The average Bonchev–Trinajstić information content (AvgIpc) is 3.21. The van der Waals surface area contributed by atoms with Crippen LogP contribution in [0, 0.1) is 0 Å². The van der Waals surface area contributed by atoms with Gasteiger partial charge in [-0.2, -0.15) is 0 Å². The maximum atomic E-state index is 5.48. The SMILES string of the molecule is CCCNc1ncnc(N(Cc2ccco2)C2CC2)c1Br. The Kier molecular flexibility index (Phi) is 4.43. The Morgan fingerprint density at radius 1 is 1.43 bits per heavy atom. The molecule has 21 heavy (non-hydrogen) atoms. The van der Waals surface area contributed by atoms with Crippen LogP contribution in [0.1, 0.15) is 31.9 Å². The predicted molar refractivity (Wildman–Crippen MR) is 86.4 cm³/mol. The minimum atomic E-state index is 0.542. The summed E-state index contributed by atoms with van der Waals surface area (Å²) in [7, 11) is 0. The van der Waals surface area contributed by atoms with E-state index < -0.39 is 0 Å². The van der Waals surface area contributed by atoms with Crippen molar-refractivity contribution in [3.63, 3.8) is 0 Å². The quantitative estimate of drug-likeness (QED) is 0.822. The van der Waals surface area contributed by atoms with E-state index in [1.54, 1.807) is 12.6 Å². The van der Waals surface area contributed by atoms with Gasteiger partial charge in [0.15, 0.2) is 0 Å². The lowest BCUT2D eigenvalue weighted by molar-refractivity contribution is 0.500. The van der Waals surface area contributed by atoms with Crippen molar-refractivity contribution in [2.24, 2.45) is 0 Å². The number of aromatic nitrogens is 2. The molecule has 2 heterocycles. The van der Waals surface area contributed by atoms with Gasteiger partial charge < -0.3 is 14.6 Å². The molecule has 1 saturated carbocycles. The van der Waals surface area contributed by atoms with Crippen molar-refractivity contribution in [2.45, 2.75) is 38.8 Å². The van der Waals surface area contributed by atoms with Crippen LogP contribution in [0.4, 0.5) is 11.6 Å². The number of nitrogens with zero attached hydrogens (tertiary/aromatic N) is 3. The molecule has 1 aliphatic rings. The molecule has 0 bridgehead atoms. The zero-order valence-electron chi connectivity index (χ0n) is 12.1. The highest BCUT2D eigenvalue weighted by Crippen LogP contribution is 2.37. The summed E-state index contributed by atoms with van der Waals surface area (Å²) in [6.45, 7) is 3.77. The van der Waals surface area contributed by atoms with Gasteiger partial charge in [0.25, 0.3) is 0 Å². The molecule has 0 spiro atoms. The lowest BCUT2D eigenvalue weighted by atomic mass is 10.3. The third-order valence-corrected chi connectivity index (χ3v) is 4.21. The van der Waals surface area contributed by atoms with Crippen LogP contribution in [0.25, 0.3) is 0 Å². The third-order valence-electron chi connectivity index (χ3n) is 3.48. The summed E-state index contributed by atoms with van der Waals surface area (Å²) in [4.78, 5) is 11.1. The molecule has 6 heteroatoms. The molecular weight excluding hydrogens is 332 g/mol. The Bertz CT molecular complexity index is 583. The van der Waals surface area contributed by atoms with Gasteiger partial charge >= 0.3 is 0 Å². The number of halogens is 1. The van der Waals surface area contributed by atoms with Crippen LogP contribution in [0.5, 0.6) is 0 Å². The van der Waals surface area contributed by atoms with E-state index in [0.29, 0.717) is 6.04 Å². The Morgan fingerprint density at radius 2 is 2.29 bits per heavy atom. The summed E-state index contributed by atoms with van der Waals surface area (Å²) in [5.41, 5.74) is 0. The number of hydrogen-bond donors (Lipinski definition) is 1. The normalized spacial score (nSPS) is 14.2.